The number of nitrogens with zero attached hydrogens (tertiary/aromatic N) is 1. The van der Waals surface area contributed by atoms with Crippen molar-refractivity contribution in [3.05, 3.63) is 0 Å². The molecule has 0 bridgehead atoms. The van der Waals surface area contributed by atoms with Crippen LogP contribution in [0, 0.1) is 0 Å². The summed E-state index contributed by atoms with van der Waals surface area (Å²) < 4.78 is 9.87. The minimum absolute atomic E-state index is 0.230. The summed E-state index contributed by atoms with van der Waals surface area (Å²) in [5.41, 5.74) is 0. The first kappa shape index (κ1) is 12.4. The van der Waals surface area contributed by atoms with E-state index in [-0.39, 0.29) is 5.91 Å². The van der Waals surface area contributed by atoms with Crippen LogP contribution >= 0.6 is 0 Å². The fraction of sp³-hybridized carbons (Fsp3) is 0.889. The molecule has 0 aromatic rings. The lowest BCUT2D eigenvalue weighted by atomic mass is 10.4. The lowest BCUT2D eigenvalue weighted by molar-refractivity contribution is -0.280. The molecule has 1 amide bonds. The molecular weight excluding hydrogens is 200 g/mol. The van der Waals surface area contributed by atoms with E-state index in [1.165, 1.54) is 7.11 Å². The smallest absolute Gasteiger partial charge is 0.287 e. The maximum absolute atomic E-state index is 11.2. The largest absolute Gasteiger partial charge is 0.343 e. The maximum Gasteiger partial charge on any atom is 0.287 e. The number of nitrogens with two attached hydrogens (primary N) is 1. The number of methoxy groups -OCH3 is 1. The van der Waals surface area contributed by atoms with E-state index < -0.39 is 6.48 Å². The van der Waals surface area contributed by atoms with Gasteiger partial charge in [0, 0.05) is 26.6 Å². The van der Waals surface area contributed by atoms with Crippen LogP contribution in [0.25, 0.3) is 0 Å². The third-order valence-electron chi connectivity index (χ3n) is 2.30. The van der Waals surface area contributed by atoms with E-state index in [9.17, 15) is 4.79 Å². The zero-order chi connectivity index (χ0) is 11.1. The zero-order valence-corrected chi connectivity index (χ0v) is 8.98. The summed E-state index contributed by atoms with van der Waals surface area (Å²) >= 11 is 0. The fourth-order valence-electron chi connectivity index (χ4n) is 1.54. The van der Waals surface area contributed by atoms with Gasteiger partial charge in [-0.2, -0.15) is 0 Å². The lowest BCUT2D eigenvalue weighted by Gasteiger charge is -2.17. The lowest BCUT2D eigenvalue weighted by Crippen LogP contribution is -2.28. The Kier molecular flexibility index (Phi) is 5.56. The Morgan fingerprint density at radius 2 is 2.40 bits per heavy atom. The van der Waals surface area contributed by atoms with Gasteiger partial charge < -0.3 is 14.4 Å². The molecular formula is C9H18N2O4. The van der Waals surface area contributed by atoms with E-state index in [2.05, 4.69) is 4.84 Å². The number of carbonyl (C=O) groups excluding carboxylic acids is 1. The van der Waals surface area contributed by atoms with Gasteiger partial charge in [0.15, 0.2) is 0 Å². The summed E-state index contributed by atoms with van der Waals surface area (Å²) in [6.07, 6.45) is 2.40. The molecule has 6 nitrogen and oxygen atoms in total. The Balaban J connectivity index is 2.03. The summed E-state index contributed by atoms with van der Waals surface area (Å²) in [6, 6.07) is 0. The first-order chi connectivity index (χ1) is 7.27. The molecule has 0 aromatic heterocycles. The molecule has 1 fully saturated rings. The molecule has 2 N–H and O–H groups in total. The van der Waals surface area contributed by atoms with Crippen LogP contribution in [-0.4, -0.2) is 44.1 Å². The molecule has 1 unspecified atom stereocenters. The average Bonchev–Trinajstić information content (AvgIpc) is 2.65. The topological polar surface area (TPSA) is 74.0 Å². The summed E-state index contributed by atoms with van der Waals surface area (Å²) in [4.78, 5) is 17.4. The van der Waals surface area contributed by atoms with Crippen LogP contribution < -0.4 is 5.90 Å². The highest BCUT2D eigenvalue weighted by atomic mass is 16.9. The second-order valence-corrected chi connectivity index (χ2v) is 3.37. The van der Waals surface area contributed by atoms with Gasteiger partial charge in [0.25, 0.3) is 6.48 Å². The molecule has 0 aliphatic carbocycles. The van der Waals surface area contributed by atoms with Crippen LogP contribution in [0.15, 0.2) is 0 Å². The standard InChI is InChI=1S/C9H18N2O4/c1-13-9(15-10)14-7-3-6-11-5-2-4-8(11)12/h9H,2-7,10H2,1H3. The third-order valence-corrected chi connectivity index (χ3v) is 2.30. The molecule has 1 atom stereocenters. The predicted molar refractivity (Wildman–Crippen MR) is 52.5 cm³/mol. The Labute approximate surface area is 89.2 Å². The summed E-state index contributed by atoms with van der Waals surface area (Å²) in [7, 11) is 1.45. The first-order valence-electron chi connectivity index (χ1n) is 5.05. The van der Waals surface area contributed by atoms with Crippen molar-refractivity contribution in [2.24, 2.45) is 5.90 Å². The SMILES string of the molecule is COC(ON)OCCCN1CCCC1=O. The number of likely N-dealkylation sites (tertiary alicyclic amines) is 1. The van der Waals surface area contributed by atoms with Gasteiger partial charge in [0.2, 0.25) is 5.91 Å². The van der Waals surface area contributed by atoms with Crippen molar-refractivity contribution in [2.45, 2.75) is 25.7 Å². The molecule has 1 aliphatic heterocycles. The quantitative estimate of drug-likeness (QED) is 0.365. The van der Waals surface area contributed by atoms with Crippen molar-refractivity contribution in [2.75, 3.05) is 26.8 Å². The van der Waals surface area contributed by atoms with Gasteiger partial charge in [-0.3, -0.25) is 4.79 Å². The second kappa shape index (κ2) is 6.73. The van der Waals surface area contributed by atoms with Gasteiger partial charge in [-0.25, -0.2) is 10.7 Å². The van der Waals surface area contributed by atoms with Gasteiger partial charge in [0.1, 0.15) is 0 Å². The van der Waals surface area contributed by atoms with Crippen LogP contribution in [0.3, 0.4) is 0 Å². The van der Waals surface area contributed by atoms with Crippen LogP contribution in [-0.2, 0) is 19.1 Å². The first-order valence-corrected chi connectivity index (χ1v) is 5.05. The monoisotopic (exact) mass is 218 g/mol. The number of hydrogen-bond acceptors (Lipinski definition) is 5. The van der Waals surface area contributed by atoms with E-state index in [1.807, 2.05) is 4.90 Å². The van der Waals surface area contributed by atoms with E-state index in [0.717, 1.165) is 25.9 Å². The molecule has 1 rings (SSSR count). The van der Waals surface area contributed by atoms with E-state index in [0.29, 0.717) is 13.0 Å². The highest BCUT2D eigenvalue weighted by Crippen LogP contribution is 2.09. The predicted octanol–water partition coefficient (Wildman–Crippen LogP) is -0.164. The number of ether oxygens (including phenoxy) is 2. The molecule has 88 valence electrons. The molecule has 1 aliphatic rings. The van der Waals surface area contributed by atoms with Crippen LogP contribution in [0.4, 0.5) is 0 Å². The Hall–Kier alpha value is -0.690. The van der Waals surface area contributed by atoms with E-state index in [4.69, 9.17) is 15.4 Å². The van der Waals surface area contributed by atoms with Gasteiger partial charge >= 0.3 is 0 Å². The Morgan fingerprint density at radius 1 is 1.60 bits per heavy atom. The average molecular weight is 218 g/mol. The van der Waals surface area contributed by atoms with Crippen molar-refractivity contribution in [1.29, 1.82) is 0 Å². The highest BCUT2D eigenvalue weighted by molar-refractivity contribution is 5.77. The Bertz CT molecular complexity index is 197. The number of amides is 1. The third kappa shape index (κ3) is 4.13. The Morgan fingerprint density at radius 3 is 2.93 bits per heavy atom. The van der Waals surface area contributed by atoms with Crippen molar-refractivity contribution in [1.82, 2.24) is 4.90 Å². The summed E-state index contributed by atoms with van der Waals surface area (Å²) in [5.74, 6) is 5.13. The van der Waals surface area contributed by atoms with Gasteiger partial charge in [-0.15, -0.1) is 0 Å². The highest BCUT2D eigenvalue weighted by Gasteiger charge is 2.19. The summed E-state index contributed by atoms with van der Waals surface area (Å²) in [5, 5.41) is 0. The molecule has 0 saturated carbocycles. The van der Waals surface area contributed by atoms with Crippen LogP contribution in [0.5, 0.6) is 0 Å². The normalized spacial score (nSPS) is 18.5. The summed E-state index contributed by atoms with van der Waals surface area (Å²) in [6.45, 7) is 1.22. The molecule has 0 aromatic carbocycles. The molecule has 6 heteroatoms. The van der Waals surface area contributed by atoms with E-state index >= 15 is 0 Å². The van der Waals surface area contributed by atoms with Crippen molar-refractivity contribution >= 4 is 5.91 Å². The van der Waals surface area contributed by atoms with E-state index in [1.54, 1.807) is 0 Å². The zero-order valence-electron chi connectivity index (χ0n) is 8.98. The number of carbonyl (C=O) groups is 1. The van der Waals surface area contributed by atoms with Gasteiger partial charge in [0.05, 0.1) is 6.61 Å². The van der Waals surface area contributed by atoms with Crippen molar-refractivity contribution < 1.29 is 19.1 Å². The molecule has 1 saturated heterocycles. The van der Waals surface area contributed by atoms with Crippen molar-refractivity contribution in [3.8, 4) is 0 Å². The van der Waals surface area contributed by atoms with Crippen LogP contribution in [0.1, 0.15) is 19.3 Å². The van der Waals surface area contributed by atoms with Crippen molar-refractivity contribution in [3.63, 3.8) is 0 Å². The minimum atomic E-state index is -0.820. The number of rotatable bonds is 7. The molecule has 0 spiro atoms. The van der Waals surface area contributed by atoms with Gasteiger partial charge in [-0.05, 0) is 12.8 Å². The molecule has 0 radical (unpaired) electrons. The van der Waals surface area contributed by atoms with Crippen LogP contribution in [0.2, 0.25) is 0 Å². The number of hydrogen-bond donors (Lipinski definition) is 1. The second-order valence-electron chi connectivity index (χ2n) is 3.37. The fourth-order valence-corrected chi connectivity index (χ4v) is 1.54. The minimum Gasteiger partial charge on any atom is -0.343 e. The van der Waals surface area contributed by atoms with Gasteiger partial charge in [-0.1, -0.05) is 0 Å². The molecule has 15 heavy (non-hydrogen) atoms. The molecule has 1 heterocycles. The maximum atomic E-state index is 11.2.